The SMILES string of the molecule is COC(=O)[C@H](CCSC)NC(=O)CN(Cc1cccc2ccccc12)C[C@H](CC(C)C)NC(=O)Cc1cccc(C(=O)c2ccccc2)c1. The van der Waals surface area contributed by atoms with Gasteiger partial charge in [-0.25, -0.2) is 4.79 Å². The third kappa shape index (κ3) is 11.6. The fourth-order valence-corrected chi connectivity index (χ4v) is 6.50. The smallest absolute Gasteiger partial charge is 0.328 e. The zero-order valence-electron chi connectivity index (χ0n) is 28.8. The lowest BCUT2D eigenvalue weighted by molar-refractivity contribution is -0.145. The average molecular weight is 682 g/mol. The molecule has 0 radical (unpaired) electrons. The van der Waals surface area contributed by atoms with Gasteiger partial charge < -0.3 is 15.4 Å². The molecule has 0 bridgehead atoms. The molecule has 4 aromatic carbocycles. The molecule has 0 aromatic heterocycles. The zero-order valence-corrected chi connectivity index (χ0v) is 29.6. The molecular formula is C40H47N3O5S. The van der Waals surface area contributed by atoms with Crippen molar-refractivity contribution in [3.05, 3.63) is 119 Å². The molecule has 0 fully saturated rings. The Kier molecular flexibility index (Phi) is 14.4. The molecule has 0 aliphatic rings. The van der Waals surface area contributed by atoms with Crippen LogP contribution in [0.1, 0.15) is 53.7 Å². The first kappa shape index (κ1) is 37.4. The Morgan fingerprint density at radius 3 is 2.24 bits per heavy atom. The third-order valence-electron chi connectivity index (χ3n) is 8.26. The maximum Gasteiger partial charge on any atom is 0.328 e. The number of carbonyl (C=O) groups excluding carboxylic acids is 4. The molecule has 4 rings (SSSR count). The Hall–Kier alpha value is -4.47. The normalized spacial score (nSPS) is 12.4. The fourth-order valence-electron chi connectivity index (χ4n) is 6.03. The van der Waals surface area contributed by atoms with E-state index in [1.807, 2.05) is 53.6 Å². The number of nitrogens with one attached hydrogen (secondary N) is 2. The molecule has 0 spiro atoms. The van der Waals surface area contributed by atoms with Crippen molar-refractivity contribution in [3.63, 3.8) is 0 Å². The Balaban J connectivity index is 1.53. The molecule has 0 unspecified atom stereocenters. The molecule has 0 heterocycles. The van der Waals surface area contributed by atoms with E-state index in [9.17, 15) is 19.2 Å². The van der Waals surface area contributed by atoms with Crippen molar-refractivity contribution in [3.8, 4) is 0 Å². The van der Waals surface area contributed by atoms with E-state index in [4.69, 9.17) is 4.74 Å². The molecule has 2 amide bonds. The first-order chi connectivity index (χ1) is 23.7. The minimum absolute atomic E-state index is 0.0318. The largest absolute Gasteiger partial charge is 0.467 e. The minimum atomic E-state index is -0.736. The molecule has 258 valence electrons. The van der Waals surface area contributed by atoms with Crippen LogP contribution in [0.4, 0.5) is 0 Å². The number of amides is 2. The quantitative estimate of drug-likeness (QED) is 0.0973. The van der Waals surface area contributed by atoms with Gasteiger partial charge in [-0.1, -0.05) is 105 Å². The number of rotatable bonds is 18. The van der Waals surface area contributed by atoms with Crippen LogP contribution in [0.5, 0.6) is 0 Å². The zero-order chi connectivity index (χ0) is 35.2. The predicted octanol–water partition coefficient (Wildman–Crippen LogP) is 6.06. The van der Waals surface area contributed by atoms with Crippen molar-refractivity contribution in [1.29, 1.82) is 0 Å². The second kappa shape index (κ2) is 18.9. The van der Waals surface area contributed by atoms with Crippen molar-refractivity contribution in [2.24, 2.45) is 5.92 Å². The van der Waals surface area contributed by atoms with Gasteiger partial charge in [0.1, 0.15) is 6.04 Å². The van der Waals surface area contributed by atoms with Gasteiger partial charge in [-0.05, 0) is 58.7 Å². The Morgan fingerprint density at radius 1 is 0.816 bits per heavy atom. The van der Waals surface area contributed by atoms with Gasteiger partial charge in [0.2, 0.25) is 11.8 Å². The van der Waals surface area contributed by atoms with Crippen LogP contribution in [0.3, 0.4) is 0 Å². The lowest BCUT2D eigenvalue weighted by Crippen LogP contribution is -2.50. The van der Waals surface area contributed by atoms with E-state index in [1.165, 1.54) is 7.11 Å². The predicted molar refractivity (Wildman–Crippen MR) is 198 cm³/mol. The van der Waals surface area contributed by atoms with Gasteiger partial charge in [0.15, 0.2) is 5.78 Å². The van der Waals surface area contributed by atoms with Crippen molar-refractivity contribution < 1.29 is 23.9 Å². The first-order valence-corrected chi connectivity index (χ1v) is 18.1. The highest BCUT2D eigenvalue weighted by atomic mass is 32.2. The Labute approximate surface area is 294 Å². The van der Waals surface area contributed by atoms with E-state index in [2.05, 4.69) is 48.7 Å². The summed E-state index contributed by atoms with van der Waals surface area (Å²) in [7, 11) is 1.32. The maximum absolute atomic E-state index is 13.5. The number of ketones is 1. The van der Waals surface area contributed by atoms with Crippen molar-refractivity contribution in [2.75, 3.05) is 32.2 Å². The molecule has 9 heteroatoms. The van der Waals surface area contributed by atoms with E-state index in [0.717, 1.165) is 21.9 Å². The molecule has 2 N–H and O–H groups in total. The van der Waals surface area contributed by atoms with Crippen molar-refractivity contribution >= 4 is 46.1 Å². The van der Waals surface area contributed by atoms with E-state index in [0.29, 0.717) is 42.8 Å². The van der Waals surface area contributed by atoms with Crippen LogP contribution in [0.25, 0.3) is 10.8 Å². The van der Waals surface area contributed by atoms with Gasteiger partial charge in [-0.15, -0.1) is 0 Å². The van der Waals surface area contributed by atoms with Crippen LogP contribution < -0.4 is 10.6 Å². The number of esters is 1. The van der Waals surface area contributed by atoms with Crippen LogP contribution in [-0.2, 0) is 32.1 Å². The summed E-state index contributed by atoms with van der Waals surface area (Å²) in [4.78, 5) is 54.5. The molecule has 8 nitrogen and oxygen atoms in total. The number of benzene rings is 4. The summed E-state index contributed by atoms with van der Waals surface area (Å²) < 4.78 is 4.96. The van der Waals surface area contributed by atoms with Crippen LogP contribution in [0.15, 0.2) is 97.1 Å². The average Bonchev–Trinajstić information content (AvgIpc) is 3.09. The highest BCUT2D eigenvalue weighted by molar-refractivity contribution is 7.98. The van der Waals surface area contributed by atoms with Crippen molar-refractivity contribution in [1.82, 2.24) is 15.5 Å². The number of ether oxygens (including phenoxy) is 1. The Bertz CT molecular complexity index is 1710. The highest BCUT2D eigenvalue weighted by Crippen LogP contribution is 2.21. The second-order valence-corrected chi connectivity index (χ2v) is 13.7. The molecule has 2 atom stereocenters. The highest BCUT2D eigenvalue weighted by Gasteiger charge is 2.25. The number of thioether (sulfide) groups is 1. The fraction of sp³-hybridized carbons (Fsp3) is 0.350. The minimum Gasteiger partial charge on any atom is -0.467 e. The summed E-state index contributed by atoms with van der Waals surface area (Å²) >= 11 is 1.60. The third-order valence-corrected chi connectivity index (χ3v) is 8.91. The van der Waals surface area contributed by atoms with E-state index in [1.54, 1.807) is 42.1 Å². The van der Waals surface area contributed by atoms with E-state index in [-0.39, 0.29) is 42.5 Å². The number of nitrogens with zero attached hydrogens (tertiary/aromatic N) is 1. The van der Waals surface area contributed by atoms with Gasteiger partial charge >= 0.3 is 5.97 Å². The van der Waals surface area contributed by atoms with E-state index < -0.39 is 12.0 Å². The standard InChI is InChI=1S/C40H47N3O5S/c1-28(2)22-34(41-37(44)24-29-12-10-17-32(23-29)39(46)31-14-6-5-7-15-31)26-43(25-33-18-11-16-30-13-8-9-19-35(30)33)27-38(45)42-36(20-21-49-4)40(47)48-3/h5-19,23,28,34,36H,20-22,24-27H2,1-4H3,(H,41,44)(H,42,45)/t34-,36-/m0/s1. The molecule has 4 aromatic rings. The van der Waals surface area contributed by atoms with Crippen molar-refractivity contribution in [2.45, 2.75) is 51.7 Å². The number of carbonyl (C=O) groups is 4. The molecule has 0 aliphatic carbocycles. The second-order valence-electron chi connectivity index (χ2n) is 12.7. The van der Waals surface area contributed by atoms with Gasteiger partial charge in [0.25, 0.3) is 0 Å². The van der Waals surface area contributed by atoms with Crippen LogP contribution in [0, 0.1) is 5.92 Å². The summed E-state index contributed by atoms with van der Waals surface area (Å²) in [5, 5.41) is 8.31. The van der Waals surface area contributed by atoms with E-state index >= 15 is 0 Å². The van der Waals surface area contributed by atoms with Gasteiger partial charge in [0, 0.05) is 30.3 Å². The van der Waals surface area contributed by atoms with Gasteiger partial charge in [0.05, 0.1) is 20.1 Å². The summed E-state index contributed by atoms with van der Waals surface area (Å²) in [6.07, 6.45) is 3.23. The summed E-state index contributed by atoms with van der Waals surface area (Å²) in [5.41, 5.74) is 2.94. The van der Waals surface area contributed by atoms with Gasteiger partial charge in [-0.3, -0.25) is 19.3 Å². The Morgan fingerprint density at radius 2 is 1.51 bits per heavy atom. The lowest BCUT2D eigenvalue weighted by Gasteiger charge is -2.30. The first-order valence-electron chi connectivity index (χ1n) is 16.7. The lowest BCUT2D eigenvalue weighted by atomic mass is 9.99. The number of hydrogen-bond acceptors (Lipinski definition) is 7. The molecule has 0 saturated heterocycles. The molecular weight excluding hydrogens is 635 g/mol. The molecule has 0 aliphatic heterocycles. The monoisotopic (exact) mass is 681 g/mol. The van der Waals surface area contributed by atoms with Crippen LogP contribution >= 0.6 is 11.8 Å². The summed E-state index contributed by atoms with van der Waals surface area (Å²) in [5.74, 6) is -0.0292. The van der Waals surface area contributed by atoms with Crippen LogP contribution in [0.2, 0.25) is 0 Å². The number of methoxy groups -OCH3 is 1. The topological polar surface area (TPSA) is 105 Å². The van der Waals surface area contributed by atoms with Gasteiger partial charge in [-0.2, -0.15) is 11.8 Å². The molecule has 0 saturated carbocycles. The molecule has 49 heavy (non-hydrogen) atoms. The maximum atomic E-state index is 13.5. The summed E-state index contributed by atoms with van der Waals surface area (Å²) in [6.45, 7) is 5.13. The summed E-state index contributed by atoms with van der Waals surface area (Å²) in [6, 6.07) is 29.6. The number of hydrogen-bond donors (Lipinski definition) is 2. The number of fused-ring (bicyclic) bond motifs is 1. The van der Waals surface area contributed by atoms with Crippen LogP contribution in [-0.4, -0.2) is 72.8 Å².